The Morgan fingerprint density at radius 2 is 1.74 bits per heavy atom. The third kappa shape index (κ3) is 4.13. The third-order valence-electron chi connectivity index (χ3n) is 5.26. The van der Waals surface area contributed by atoms with E-state index < -0.39 is 29.2 Å². The van der Waals surface area contributed by atoms with Crippen LogP contribution in [0.25, 0.3) is 10.8 Å². The minimum Gasteiger partial charge on any atom is -0.457 e. The fraction of sp³-hybridized carbons (Fsp3) is 0.174. The Kier molecular flexibility index (Phi) is 5.44. The second kappa shape index (κ2) is 8.35. The first kappa shape index (κ1) is 20.2. The van der Waals surface area contributed by atoms with Crippen LogP contribution in [-0.4, -0.2) is 35.7 Å². The van der Waals surface area contributed by atoms with E-state index in [9.17, 15) is 24.5 Å². The van der Waals surface area contributed by atoms with Crippen molar-refractivity contribution in [2.24, 2.45) is 5.92 Å². The Hall–Kier alpha value is -4.07. The maximum Gasteiger partial charge on any atom is 0.311 e. The van der Waals surface area contributed by atoms with Crippen molar-refractivity contribution < 1.29 is 24.0 Å². The van der Waals surface area contributed by atoms with E-state index >= 15 is 0 Å². The number of esters is 1. The smallest absolute Gasteiger partial charge is 0.311 e. The summed E-state index contributed by atoms with van der Waals surface area (Å²) in [5, 5.41) is 12.6. The highest BCUT2D eigenvalue weighted by Crippen LogP contribution is 2.32. The normalized spacial score (nSPS) is 15.8. The molecule has 0 radical (unpaired) electrons. The molecular weight excluding hydrogens is 400 g/mol. The molecule has 1 fully saturated rings. The van der Waals surface area contributed by atoms with Crippen LogP contribution in [0.1, 0.15) is 16.8 Å². The number of carbonyl (C=O) groups excluding carboxylic acids is 3. The van der Waals surface area contributed by atoms with Gasteiger partial charge in [-0.25, -0.2) is 0 Å². The van der Waals surface area contributed by atoms with Crippen molar-refractivity contribution in [3.8, 4) is 0 Å². The first-order valence-electron chi connectivity index (χ1n) is 9.66. The molecule has 31 heavy (non-hydrogen) atoms. The fourth-order valence-electron chi connectivity index (χ4n) is 3.65. The van der Waals surface area contributed by atoms with Gasteiger partial charge in [0.1, 0.15) is 0 Å². The first-order valence-corrected chi connectivity index (χ1v) is 9.66. The van der Waals surface area contributed by atoms with Gasteiger partial charge in [-0.3, -0.25) is 24.5 Å². The number of ketones is 1. The van der Waals surface area contributed by atoms with Crippen molar-refractivity contribution >= 4 is 39.8 Å². The molecule has 1 heterocycles. The van der Waals surface area contributed by atoms with Gasteiger partial charge in [0.2, 0.25) is 5.91 Å². The summed E-state index contributed by atoms with van der Waals surface area (Å²) in [7, 11) is 0. The summed E-state index contributed by atoms with van der Waals surface area (Å²) in [6, 6.07) is 18.4. The molecule has 0 spiro atoms. The number of carbonyl (C=O) groups is 3. The van der Waals surface area contributed by atoms with Gasteiger partial charge < -0.3 is 9.64 Å². The van der Waals surface area contributed by atoms with E-state index in [1.165, 1.54) is 24.3 Å². The largest absolute Gasteiger partial charge is 0.457 e. The molecule has 1 unspecified atom stereocenters. The summed E-state index contributed by atoms with van der Waals surface area (Å²) in [5.74, 6) is -1.94. The van der Waals surface area contributed by atoms with E-state index in [-0.39, 0.29) is 30.1 Å². The van der Waals surface area contributed by atoms with Gasteiger partial charge in [0, 0.05) is 36.0 Å². The molecule has 1 saturated heterocycles. The number of non-ortho nitro benzene ring substituents is 1. The molecule has 0 saturated carbocycles. The van der Waals surface area contributed by atoms with Crippen molar-refractivity contribution in [1.29, 1.82) is 0 Å². The number of fused-ring (bicyclic) bond motifs is 1. The van der Waals surface area contributed by atoms with Crippen LogP contribution in [0, 0.1) is 16.0 Å². The van der Waals surface area contributed by atoms with Crippen LogP contribution in [0.15, 0.2) is 66.7 Å². The standard InChI is InChI=1S/C23H18N2O6/c26-21(16-8-10-18(11-9-16)25(29)30)14-31-23(28)17-12-22(27)24(13-17)20-7-3-5-15-4-1-2-6-19(15)20/h1-11,17H,12-14H2. The number of rotatable bonds is 6. The molecule has 0 aliphatic carbocycles. The maximum atomic E-state index is 12.6. The van der Waals surface area contributed by atoms with Crippen molar-refractivity contribution in [2.45, 2.75) is 6.42 Å². The van der Waals surface area contributed by atoms with Crippen LogP contribution in [-0.2, 0) is 14.3 Å². The maximum absolute atomic E-state index is 12.6. The number of ether oxygens (including phenoxy) is 1. The second-order valence-corrected chi connectivity index (χ2v) is 7.24. The number of hydrogen-bond acceptors (Lipinski definition) is 6. The van der Waals surface area contributed by atoms with Crippen molar-refractivity contribution in [3.63, 3.8) is 0 Å². The van der Waals surface area contributed by atoms with E-state index in [0.29, 0.717) is 0 Å². The molecule has 3 aromatic carbocycles. The zero-order chi connectivity index (χ0) is 22.0. The average molecular weight is 418 g/mol. The minimum absolute atomic E-state index is 0.00771. The van der Waals surface area contributed by atoms with E-state index in [2.05, 4.69) is 0 Å². The molecular formula is C23H18N2O6. The summed E-state index contributed by atoms with van der Waals surface area (Å²) in [6.45, 7) is -0.313. The summed E-state index contributed by atoms with van der Waals surface area (Å²) in [5.41, 5.74) is 0.810. The Morgan fingerprint density at radius 1 is 1.03 bits per heavy atom. The number of nitro groups is 1. The lowest BCUT2D eigenvalue weighted by atomic mass is 10.1. The molecule has 3 aromatic rings. The van der Waals surface area contributed by atoms with Crippen LogP contribution < -0.4 is 4.90 Å². The zero-order valence-corrected chi connectivity index (χ0v) is 16.4. The van der Waals surface area contributed by atoms with Crippen molar-refractivity contribution in [1.82, 2.24) is 0 Å². The van der Waals surface area contributed by atoms with Gasteiger partial charge in [0.25, 0.3) is 5.69 Å². The Balaban J connectivity index is 1.40. The third-order valence-corrected chi connectivity index (χ3v) is 5.26. The Labute approximate surface area is 177 Å². The number of nitro benzene ring substituents is 1. The topological polar surface area (TPSA) is 107 Å². The number of hydrogen-bond donors (Lipinski definition) is 0. The molecule has 8 heteroatoms. The van der Waals surface area contributed by atoms with Gasteiger partial charge >= 0.3 is 5.97 Å². The second-order valence-electron chi connectivity index (χ2n) is 7.24. The molecule has 4 rings (SSSR count). The summed E-state index contributed by atoms with van der Waals surface area (Å²) >= 11 is 0. The number of amides is 1. The monoisotopic (exact) mass is 418 g/mol. The van der Waals surface area contributed by atoms with Crippen LogP contribution >= 0.6 is 0 Å². The van der Waals surface area contributed by atoms with E-state index in [0.717, 1.165) is 16.5 Å². The van der Waals surface area contributed by atoms with E-state index in [1.807, 2.05) is 42.5 Å². The molecule has 1 aliphatic rings. The molecule has 8 nitrogen and oxygen atoms in total. The van der Waals surface area contributed by atoms with Crippen molar-refractivity contribution in [2.75, 3.05) is 18.1 Å². The Bertz CT molecular complexity index is 1180. The zero-order valence-electron chi connectivity index (χ0n) is 16.4. The molecule has 0 N–H and O–H groups in total. The minimum atomic E-state index is -0.670. The van der Waals surface area contributed by atoms with Crippen LogP contribution in [0.5, 0.6) is 0 Å². The SMILES string of the molecule is O=C(COC(=O)C1CC(=O)N(c2cccc3ccccc23)C1)c1ccc([N+](=O)[O-])cc1. The van der Waals surface area contributed by atoms with Crippen LogP contribution in [0.2, 0.25) is 0 Å². The summed E-state index contributed by atoms with van der Waals surface area (Å²) in [6.07, 6.45) is 0.00771. The summed E-state index contributed by atoms with van der Waals surface area (Å²) in [4.78, 5) is 49.0. The highest BCUT2D eigenvalue weighted by Gasteiger charge is 2.37. The quantitative estimate of drug-likeness (QED) is 0.262. The molecule has 1 atom stereocenters. The lowest BCUT2D eigenvalue weighted by Gasteiger charge is -2.18. The molecule has 1 amide bonds. The molecule has 0 bridgehead atoms. The highest BCUT2D eigenvalue weighted by atomic mass is 16.6. The fourth-order valence-corrected chi connectivity index (χ4v) is 3.65. The lowest BCUT2D eigenvalue weighted by Crippen LogP contribution is -2.27. The van der Waals surface area contributed by atoms with Crippen LogP contribution in [0.3, 0.4) is 0 Å². The predicted octanol–water partition coefficient (Wildman–Crippen LogP) is 3.53. The van der Waals surface area contributed by atoms with Gasteiger partial charge in [-0.1, -0.05) is 36.4 Å². The van der Waals surface area contributed by atoms with E-state index in [4.69, 9.17) is 4.74 Å². The number of benzene rings is 3. The first-order chi connectivity index (χ1) is 14.9. The van der Waals surface area contributed by atoms with Gasteiger partial charge in [-0.15, -0.1) is 0 Å². The molecule has 1 aliphatic heterocycles. The van der Waals surface area contributed by atoms with Crippen molar-refractivity contribution in [3.05, 3.63) is 82.4 Å². The molecule has 156 valence electrons. The lowest BCUT2D eigenvalue weighted by molar-refractivity contribution is -0.384. The highest BCUT2D eigenvalue weighted by molar-refractivity contribution is 6.06. The van der Waals surface area contributed by atoms with Gasteiger partial charge in [0.15, 0.2) is 12.4 Å². The predicted molar refractivity (Wildman–Crippen MR) is 113 cm³/mol. The van der Waals surface area contributed by atoms with Crippen LogP contribution in [0.4, 0.5) is 11.4 Å². The van der Waals surface area contributed by atoms with Gasteiger partial charge in [0.05, 0.1) is 16.5 Å². The Morgan fingerprint density at radius 3 is 2.48 bits per heavy atom. The number of anilines is 1. The van der Waals surface area contributed by atoms with Gasteiger partial charge in [-0.05, 0) is 23.6 Å². The average Bonchev–Trinajstić information content (AvgIpc) is 3.18. The molecule has 0 aromatic heterocycles. The number of nitrogens with zero attached hydrogens (tertiary/aromatic N) is 2. The summed E-state index contributed by atoms with van der Waals surface area (Å²) < 4.78 is 5.14. The van der Waals surface area contributed by atoms with Gasteiger partial charge in [-0.2, -0.15) is 0 Å². The number of Topliss-reactive ketones (excluding diaryl/α,β-unsaturated/α-hetero) is 1. The van der Waals surface area contributed by atoms with E-state index in [1.54, 1.807) is 4.90 Å².